The molecule has 4 rings (SSSR count). The molecule has 24 heavy (non-hydrogen) atoms. The molecule has 4 heterocycles. The minimum Gasteiger partial charge on any atom is -0.353 e. The molecule has 0 unspecified atom stereocenters. The molecule has 0 spiro atoms. The lowest BCUT2D eigenvalue weighted by Crippen LogP contribution is -2.46. The highest BCUT2D eigenvalue weighted by Crippen LogP contribution is 2.34. The SMILES string of the molecule is Fc1cc(C(F)(F)F)cnc1N1CC(c2nnc3ccccn23)C1. The van der Waals surface area contributed by atoms with Gasteiger partial charge in [-0.05, 0) is 18.2 Å². The van der Waals surface area contributed by atoms with Crippen LogP contribution in [0, 0.1) is 5.82 Å². The predicted molar refractivity (Wildman–Crippen MR) is 77.1 cm³/mol. The van der Waals surface area contributed by atoms with Crippen molar-refractivity contribution >= 4 is 11.5 Å². The van der Waals surface area contributed by atoms with Gasteiger partial charge in [0.15, 0.2) is 17.3 Å². The summed E-state index contributed by atoms with van der Waals surface area (Å²) in [5.74, 6) is -0.289. The molecule has 0 aromatic carbocycles. The van der Waals surface area contributed by atoms with Gasteiger partial charge in [-0.1, -0.05) is 6.07 Å². The summed E-state index contributed by atoms with van der Waals surface area (Å²) in [5.41, 5.74) is -0.381. The van der Waals surface area contributed by atoms with E-state index in [0.717, 1.165) is 5.82 Å². The lowest BCUT2D eigenvalue weighted by atomic mass is 9.99. The minimum absolute atomic E-state index is 0.0193. The fourth-order valence-corrected chi connectivity index (χ4v) is 2.77. The van der Waals surface area contributed by atoms with Crippen molar-refractivity contribution in [2.45, 2.75) is 12.1 Å². The first-order valence-electron chi connectivity index (χ1n) is 7.21. The van der Waals surface area contributed by atoms with Crippen molar-refractivity contribution in [3.05, 3.63) is 53.9 Å². The maximum Gasteiger partial charge on any atom is 0.417 e. The number of hydrogen-bond donors (Lipinski definition) is 0. The molecule has 3 aromatic heterocycles. The average Bonchev–Trinajstić information content (AvgIpc) is 2.90. The van der Waals surface area contributed by atoms with Gasteiger partial charge in [0.1, 0.15) is 5.82 Å². The molecule has 1 aliphatic rings. The molecule has 0 radical (unpaired) electrons. The molecule has 0 bridgehead atoms. The van der Waals surface area contributed by atoms with Crippen LogP contribution in [-0.4, -0.2) is 32.7 Å². The van der Waals surface area contributed by atoms with Crippen LogP contribution in [0.5, 0.6) is 0 Å². The second-order valence-electron chi connectivity index (χ2n) is 5.62. The van der Waals surface area contributed by atoms with Gasteiger partial charge in [-0.25, -0.2) is 9.37 Å². The second-order valence-corrected chi connectivity index (χ2v) is 5.62. The summed E-state index contributed by atoms with van der Waals surface area (Å²) < 4.78 is 53.4. The van der Waals surface area contributed by atoms with E-state index in [1.807, 2.05) is 28.8 Å². The summed E-state index contributed by atoms with van der Waals surface area (Å²) in [7, 11) is 0. The third kappa shape index (κ3) is 2.36. The lowest BCUT2D eigenvalue weighted by Gasteiger charge is -2.39. The fraction of sp³-hybridized carbons (Fsp3) is 0.267. The Morgan fingerprint density at radius 1 is 1.12 bits per heavy atom. The van der Waals surface area contributed by atoms with Crippen LogP contribution >= 0.6 is 0 Å². The van der Waals surface area contributed by atoms with Crippen molar-refractivity contribution in [1.82, 2.24) is 19.6 Å². The van der Waals surface area contributed by atoms with Crippen molar-refractivity contribution in [3.8, 4) is 0 Å². The third-order valence-corrected chi connectivity index (χ3v) is 4.04. The van der Waals surface area contributed by atoms with Gasteiger partial charge in [0.05, 0.1) is 11.5 Å². The number of pyridine rings is 2. The Hall–Kier alpha value is -2.71. The molecule has 1 fully saturated rings. The monoisotopic (exact) mass is 337 g/mol. The third-order valence-electron chi connectivity index (χ3n) is 4.04. The summed E-state index contributed by atoms with van der Waals surface area (Å²) in [5, 5.41) is 8.19. The molecule has 0 N–H and O–H groups in total. The molecule has 0 amide bonds. The van der Waals surface area contributed by atoms with Crippen molar-refractivity contribution in [3.63, 3.8) is 0 Å². The van der Waals surface area contributed by atoms with Crippen molar-refractivity contribution in [1.29, 1.82) is 0 Å². The molecule has 0 saturated carbocycles. The Morgan fingerprint density at radius 3 is 2.62 bits per heavy atom. The van der Waals surface area contributed by atoms with Gasteiger partial charge in [-0.15, -0.1) is 10.2 Å². The zero-order chi connectivity index (χ0) is 16.9. The number of fused-ring (bicyclic) bond motifs is 1. The van der Waals surface area contributed by atoms with Gasteiger partial charge >= 0.3 is 6.18 Å². The first kappa shape index (κ1) is 14.9. The van der Waals surface area contributed by atoms with E-state index in [1.165, 1.54) is 0 Å². The Morgan fingerprint density at radius 2 is 1.92 bits per heavy atom. The van der Waals surface area contributed by atoms with E-state index >= 15 is 0 Å². The largest absolute Gasteiger partial charge is 0.417 e. The highest BCUT2D eigenvalue weighted by molar-refractivity contribution is 5.47. The molecular weight excluding hydrogens is 326 g/mol. The van der Waals surface area contributed by atoms with Gasteiger partial charge in [0.25, 0.3) is 0 Å². The van der Waals surface area contributed by atoms with Crippen LogP contribution < -0.4 is 4.90 Å². The van der Waals surface area contributed by atoms with Crippen molar-refractivity contribution in [2.75, 3.05) is 18.0 Å². The Kier molecular flexibility index (Phi) is 3.19. The van der Waals surface area contributed by atoms with Crippen LogP contribution in [0.3, 0.4) is 0 Å². The van der Waals surface area contributed by atoms with Crippen LogP contribution in [-0.2, 0) is 6.18 Å². The van der Waals surface area contributed by atoms with Gasteiger partial charge in [0.2, 0.25) is 0 Å². The quantitative estimate of drug-likeness (QED) is 0.675. The first-order valence-corrected chi connectivity index (χ1v) is 7.21. The molecule has 3 aromatic rings. The number of hydrogen-bond acceptors (Lipinski definition) is 4. The fourth-order valence-electron chi connectivity index (χ4n) is 2.77. The van der Waals surface area contributed by atoms with E-state index in [9.17, 15) is 17.6 Å². The van der Waals surface area contributed by atoms with Gasteiger partial charge in [-0.2, -0.15) is 13.2 Å². The summed E-state index contributed by atoms with van der Waals surface area (Å²) >= 11 is 0. The van der Waals surface area contributed by atoms with Crippen LogP contribution in [0.15, 0.2) is 36.7 Å². The summed E-state index contributed by atoms with van der Waals surface area (Å²) in [6.07, 6.45) is -2.12. The normalized spacial score (nSPS) is 15.8. The van der Waals surface area contributed by atoms with E-state index in [4.69, 9.17) is 0 Å². The Bertz CT molecular complexity index is 898. The standard InChI is InChI=1S/C15H11F4N5/c16-11-5-10(15(17,18)19)6-20-14(11)23-7-9(8-23)13-22-21-12-3-1-2-4-24(12)13/h1-6,9H,7-8H2. The average molecular weight is 337 g/mol. The molecule has 5 nitrogen and oxygen atoms in total. The highest BCUT2D eigenvalue weighted by Gasteiger charge is 2.36. The number of halogens is 4. The second kappa shape index (κ2) is 5.15. The zero-order valence-electron chi connectivity index (χ0n) is 12.2. The maximum absolute atomic E-state index is 13.9. The Labute approximate surface area is 133 Å². The predicted octanol–water partition coefficient (Wildman–Crippen LogP) is 2.89. The Balaban J connectivity index is 1.53. The van der Waals surface area contributed by atoms with E-state index in [-0.39, 0.29) is 11.7 Å². The van der Waals surface area contributed by atoms with Crippen LogP contribution in [0.2, 0.25) is 0 Å². The number of alkyl halides is 3. The number of nitrogens with zero attached hydrogens (tertiary/aromatic N) is 5. The van der Waals surface area contributed by atoms with E-state index in [0.29, 0.717) is 31.0 Å². The topological polar surface area (TPSA) is 46.3 Å². The van der Waals surface area contributed by atoms with Gasteiger partial charge in [-0.3, -0.25) is 4.40 Å². The van der Waals surface area contributed by atoms with Crippen LogP contribution in [0.1, 0.15) is 17.3 Å². The molecule has 0 atom stereocenters. The first-order chi connectivity index (χ1) is 11.4. The van der Waals surface area contributed by atoms with Gasteiger partial charge < -0.3 is 4.90 Å². The zero-order valence-corrected chi connectivity index (χ0v) is 12.2. The lowest BCUT2D eigenvalue weighted by molar-refractivity contribution is -0.138. The summed E-state index contributed by atoms with van der Waals surface area (Å²) in [6.45, 7) is 0.843. The molecule has 124 valence electrons. The number of rotatable bonds is 2. The molecular formula is C15H11F4N5. The van der Waals surface area contributed by atoms with Crippen molar-refractivity contribution in [2.24, 2.45) is 0 Å². The van der Waals surface area contributed by atoms with Crippen LogP contribution in [0.4, 0.5) is 23.4 Å². The van der Waals surface area contributed by atoms with Crippen LogP contribution in [0.25, 0.3) is 5.65 Å². The van der Waals surface area contributed by atoms with Crippen molar-refractivity contribution < 1.29 is 17.6 Å². The maximum atomic E-state index is 13.9. The van der Waals surface area contributed by atoms with E-state index < -0.39 is 17.6 Å². The molecule has 9 heteroatoms. The molecule has 0 aliphatic carbocycles. The van der Waals surface area contributed by atoms with E-state index in [1.54, 1.807) is 4.90 Å². The molecule has 1 saturated heterocycles. The summed E-state index contributed by atoms with van der Waals surface area (Å²) in [6, 6.07) is 6.00. The number of aromatic nitrogens is 4. The minimum atomic E-state index is -4.61. The highest BCUT2D eigenvalue weighted by atomic mass is 19.4. The van der Waals surface area contributed by atoms with Gasteiger partial charge in [0, 0.05) is 25.5 Å². The summed E-state index contributed by atoms with van der Waals surface area (Å²) in [4.78, 5) is 5.22. The number of anilines is 1. The molecule has 1 aliphatic heterocycles. The smallest absolute Gasteiger partial charge is 0.353 e. The van der Waals surface area contributed by atoms with E-state index in [2.05, 4.69) is 15.2 Å².